The van der Waals surface area contributed by atoms with E-state index in [1.54, 1.807) is 9.58 Å². The Labute approximate surface area is 144 Å². The maximum absolute atomic E-state index is 13.6. The molecule has 1 saturated heterocycles. The molecular weight excluding hydrogens is 328 g/mol. The van der Waals surface area contributed by atoms with Gasteiger partial charge in [0.15, 0.2) is 17.3 Å². The molecule has 25 heavy (non-hydrogen) atoms. The Kier molecular flexibility index (Phi) is 4.03. The van der Waals surface area contributed by atoms with Crippen LogP contribution in [0, 0.1) is 11.6 Å². The molecule has 1 unspecified atom stereocenters. The lowest BCUT2D eigenvalue weighted by Crippen LogP contribution is -2.44. The minimum atomic E-state index is -0.922. The molecule has 0 N–H and O–H groups in total. The third kappa shape index (κ3) is 2.82. The monoisotopic (exact) mass is 347 g/mol. The van der Waals surface area contributed by atoms with Crippen molar-refractivity contribution in [3.8, 4) is 5.69 Å². The summed E-state index contributed by atoms with van der Waals surface area (Å²) in [4.78, 5) is 14.7. The fourth-order valence-corrected chi connectivity index (χ4v) is 3.59. The molecule has 1 aromatic heterocycles. The molecule has 4 rings (SSSR count). The first-order valence-corrected chi connectivity index (χ1v) is 8.51. The lowest BCUT2D eigenvalue weighted by molar-refractivity contribution is -0.0126. The highest BCUT2D eigenvalue weighted by atomic mass is 19.2. The van der Waals surface area contributed by atoms with Crippen LogP contribution in [0.1, 0.15) is 35.1 Å². The van der Waals surface area contributed by atoms with Crippen molar-refractivity contribution in [3.63, 3.8) is 0 Å². The number of morpholine rings is 1. The number of benzene rings is 1. The molecular formula is C18H19F2N3O2. The summed E-state index contributed by atoms with van der Waals surface area (Å²) in [7, 11) is 0. The summed E-state index contributed by atoms with van der Waals surface area (Å²) in [6.07, 6.45) is 2.48. The fraction of sp³-hybridized carbons (Fsp3) is 0.444. The average Bonchev–Trinajstić information content (AvgIpc) is 3.19. The maximum atomic E-state index is 13.6. The number of carbonyl (C=O) groups is 1. The van der Waals surface area contributed by atoms with E-state index in [9.17, 15) is 13.6 Å². The second-order valence-corrected chi connectivity index (χ2v) is 6.57. The van der Waals surface area contributed by atoms with Crippen molar-refractivity contribution in [1.82, 2.24) is 14.7 Å². The number of ether oxygens (including phenoxy) is 1. The van der Waals surface area contributed by atoms with E-state index in [1.165, 1.54) is 6.07 Å². The van der Waals surface area contributed by atoms with Gasteiger partial charge in [-0.2, -0.15) is 5.10 Å². The number of amides is 1. The third-order valence-corrected chi connectivity index (χ3v) is 4.81. The predicted octanol–water partition coefficient (Wildman–Crippen LogP) is 2.50. The zero-order valence-electron chi connectivity index (χ0n) is 14.0. The van der Waals surface area contributed by atoms with E-state index in [2.05, 4.69) is 5.10 Å². The van der Waals surface area contributed by atoms with Crippen LogP contribution in [-0.2, 0) is 17.6 Å². The van der Waals surface area contributed by atoms with Gasteiger partial charge in [0.1, 0.15) is 0 Å². The molecule has 0 spiro atoms. The average molecular weight is 347 g/mol. The van der Waals surface area contributed by atoms with E-state index in [1.807, 2.05) is 6.92 Å². The molecule has 0 bridgehead atoms. The molecule has 1 aromatic carbocycles. The molecule has 0 saturated carbocycles. The van der Waals surface area contributed by atoms with Crippen LogP contribution in [0.3, 0.4) is 0 Å². The van der Waals surface area contributed by atoms with Gasteiger partial charge in [-0.05, 0) is 38.3 Å². The van der Waals surface area contributed by atoms with Gasteiger partial charge in [-0.25, -0.2) is 13.5 Å². The Balaban J connectivity index is 1.72. The van der Waals surface area contributed by atoms with Gasteiger partial charge in [0, 0.05) is 30.4 Å². The van der Waals surface area contributed by atoms with Crippen LogP contribution in [0.15, 0.2) is 18.2 Å². The highest BCUT2D eigenvalue weighted by Gasteiger charge is 2.31. The van der Waals surface area contributed by atoms with E-state index < -0.39 is 11.6 Å². The fourth-order valence-electron chi connectivity index (χ4n) is 3.59. The smallest absolute Gasteiger partial charge is 0.274 e. The quantitative estimate of drug-likeness (QED) is 0.839. The van der Waals surface area contributed by atoms with Gasteiger partial charge in [-0.15, -0.1) is 0 Å². The predicted molar refractivity (Wildman–Crippen MR) is 86.8 cm³/mol. The van der Waals surface area contributed by atoms with Crippen molar-refractivity contribution in [2.24, 2.45) is 0 Å². The van der Waals surface area contributed by atoms with Crippen molar-refractivity contribution < 1.29 is 18.3 Å². The number of rotatable bonds is 2. The number of hydrogen-bond donors (Lipinski definition) is 0. The molecule has 0 radical (unpaired) electrons. The van der Waals surface area contributed by atoms with Gasteiger partial charge in [0.05, 0.1) is 18.4 Å². The minimum Gasteiger partial charge on any atom is -0.375 e. The van der Waals surface area contributed by atoms with Crippen molar-refractivity contribution in [2.45, 2.75) is 32.3 Å². The summed E-state index contributed by atoms with van der Waals surface area (Å²) >= 11 is 0. The number of nitrogens with zero attached hydrogens (tertiary/aromatic N) is 3. The van der Waals surface area contributed by atoms with E-state index in [0.29, 0.717) is 31.1 Å². The summed E-state index contributed by atoms with van der Waals surface area (Å²) < 4.78 is 33.9. The normalized spacial score (nSPS) is 20.0. The van der Waals surface area contributed by atoms with Crippen molar-refractivity contribution in [1.29, 1.82) is 0 Å². The number of halogens is 2. The van der Waals surface area contributed by atoms with Gasteiger partial charge in [-0.1, -0.05) is 0 Å². The molecule has 2 aromatic rings. The Morgan fingerprint density at radius 3 is 2.88 bits per heavy atom. The van der Waals surface area contributed by atoms with Gasteiger partial charge in [0.2, 0.25) is 0 Å². The lowest BCUT2D eigenvalue weighted by Gasteiger charge is -2.30. The zero-order valence-corrected chi connectivity index (χ0v) is 14.0. The molecule has 2 heterocycles. The summed E-state index contributed by atoms with van der Waals surface area (Å²) in [5.41, 5.74) is 2.70. The van der Waals surface area contributed by atoms with E-state index in [0.717, 1.165) is 42.7 Å². The van der Waals surface area contributed by atoms with Gasteiger partial charge < -0.3 is 9.64 Å². The molecule has 1 aliphatic carbocycles. The van der Waals surface area contributed by atoms with E-state index in [4.69, 9.17) is 4.74 Å². The summed E-state index contributed by atoms with van der Waals surface area (Å²) in [5.74, 6) is -1.93. The summed E-state index contributed by atoms with van der Waals surface area (Å²) in [5, 5.41) is 4.47. The second kappa shape index (κ2) is 6.22. The number of fused-ring (bicyclic) bond motifs is 1. The SMILES string of the molecule is CC1CN(C(=O)c2nn(-c3ccc(F)c(F)c3)c3c2CCC3)CCO1. The maximum Gasteiger partial charge on any atom is 0.274 e. The molecule has 1 amide bonds. The highest BCUT2D eigenvalue weighted by molar-refractivity contribution is 5.94. The molecule has 5 nitrogen and oxygen atoms in total. The van der Waals surface area contributed by atoms with Crippen LogP contribution in [0.2, 0.25) is 0 Å². The first-order chi connectivity index (χ1) is 12.0. The zero-order chi connectivity index (χ0) is 17.6. The topological polar surface area (TPSA) is 47.4 Å². The van der Waals surface area contributed by atoms with Gasteiger partial charge in [0.25, 0.3) is 5.91 Å². The second-order valence-electron chi connectivity index (χ2n) is 6.57. The van der Waals surface area contributed by atoms with Crippen molar-refractivity contribution in [3.05, 3.63) is 46.8 Å². The van der Waals surface area contributed by atoms with Gasteiger partial charge >= 0.3 is 0 Å². The largest absolute Gasteiger partial charge is 0.375 e. The molecule has 132 valence electrons. The molecule has 1 fully saturated rings. The van der Waals surface area contributed by atoms with Crippen LogP contribution in [0.25, 0.3) is 5.69 Å². The van der Waals surface area contributed by atoms with Crippen LogP contribution in [-0.4, -0.2) is 46.4 Å². The van der Waals surface area contributed by atoms with Gasteiger partial charge in [-0.3, -0.25) is 4.79 Å². The molecule has 7 heteroatoms. The minimum absolute atomic E-state index is 0.000899. The van der Waals surface area contributed by atoms with Crippen LogP contribution < -0.4 is 0 Å². The molecule has 1 atom stereocenters. The van der Waals surface area contributed by atoms with Crippen LogP contribution in [0.4, 0.5) is 8.78 Å². The Bertz CT molecular complexity index is 834. The first-order valence-electron chi connectivity index (χ1n) is 8.51. The Morgan fingerprint density at radius 2 is 2.12 bits per heavy atom. The van der Waals surface area contributed by atoms with Crippen LogP contribution in [0.5, 0.6) is 0 Å². The standard InChI is InChI=1S/C18H19F2N3O2/c1-11-10-22(7-8-25-11)18(24)17-13-3-2-4-16(13)23(21-17)12-5-6-14(19)15(20)9-12/h5-6,9,11H,2-4,7-8,10H2,1H3. The number of hydrogen-bond acceptors (Lipinski definition) is 3. The van der Waals surface area contributed by atoms with E-state index in [-0.39, 0.29) is 12.0 Å². The van der Waals surface area contributed by atoms with Crippen molar-refractivity contribution in [2.75, 3.05) is 19.7 Å². The van der Waals surface area contributed by atoms with Crippen LogP contribution >= 0.6 is 0 Å². The van der Waals surface area contributed by atoms with Crippen molar-refractivity contribution >= 4 is 5.91 Å². The Hall–Kier alpha value is -2.28. The molecule has 1 aliphatic heterocycles. The highest BCUT2D eigenvalue weighted by Crippen LogP contribution is 2.29. The van der Waals surface area contributed by atoms with E-state index >= 15 is 0 Å². The summed E-state index contributed by atoms with van der Waals surface area (Å²) in [6, 6.07) is 3.68. The lowest BCUT2D eigenvalue weighted by atomic mass is 10.1. The number of aromatic nitrogens is 2. The third-order valence-electron chi connectivity index (χ3n) is 4.81. The number of carbonyl (C=O) groups excluding carboxylic acids is 1. The summed E-state index contributed by atoms with van der Waals surface area (Å²) in [6.45, 7) is 3.52. The molecule has 2 aliphatic rings. The Morgan fingerprint density at radius 1 is 1.28 bits per heavy atom. The first kappa shape index (κ1) is 16.2.